The lowest BCUT2D eigenvalue weighted by Crippen LogP contribution is -2.22. The van der Waals surface area contributed by atoms with Crippen molar-refractivity contribution >= 4 is 5.91 Å². The van der Waals surface area contributed by atoms with Crippen LogP contribution in [0, 0.1) is 6.92 Å². The van der Waals surface area contributed by atoms with Gasteiger partial charge in [0.05, 0.1) is 12.8 Å². The van der Waals surface area contributed by atoms with E-state index in [4.69, 9.17) is 4.74 Å². The van der Waals surface area contributed by atoms with E-state index in [1.54, 1.807) is 35.1 Å². The lowest BCUT2D eigenvalue weighted by Gasteiger charge is -2.06. The zero-order valence-corrected chi connectivity index (χ0v) is 12.0. The fourth-order valence-corrected chi connectivity index (χ4v) is 1.86. The number of carbonyl (C=O) groups excluding carboxylic acids is 1. The molecular formula is C15H19N3O2. The Hall–Kier alpha value is -2.30. The van der Waals surface area contributed by atoms with E-state index in [1.807, 2.05) is 20.9 Å². The predicted octanol–water partition coefficient (Wildman–Crippen LogP) is 2.06. The third kappa shape index (κ3) is 3.17. The summed E-state index contributed by atoms with van der Waals surface area (Å²) in [6.07, 6.45) is 1.77. The highest BCUT2D eigenvalue weighted by molar-refractivity contribution is 5.94. The minimum atomic E-state index is -0.101. The third-order valence-electron chi connectivity index (χ3n) is 3.20. The molecule has 0 saturated carbocycles. The normalized spacial score (nSPS) is 10.3. The van der Waals surface area contributed by atoms with E-state index in [9.17, 15) is 4.79 Å². The first-order valence-electron chi connectivity index (χ1n) is 6.60. The number of ether oxygens (including phenoxy) is 1. The van der Waals surface area contributed by atoms with Gasteiger partial charge in [-0.15, -0.1) is 0 Å². The number of hydrogen-bond acceptors (Lipinski definition) is 3. The predicted molar refractivity (Wildman–Crippen MR) is 76.7 cm³/mol. The lowest BCUT2D eigenvalue weighted by molar-refractivity contribution is 0.0951. The molecule has 1 amide bonds. The van der Waals surface area contributed by atoms with Gasteiger partial charge in [0.25, 0.3) is 5.91 Å². The zero-order chi connectivity index (χ0) is 14.5. The molecule has 5 heteroatoms. The summed E-state index contributed by atoms with van der Waals surface area (Å²) in [5.74, 6) is 0.670. The van der Waals surface area contributed by atoms with E-state index in [1.165, 1.54) is 0 Å². The minimum Gasteiger partial charge on any atom is -0.494 e. The van der Waals surface area contributed by atoms with Gasteiger partial charge in [0.1, 0.15) is 5.75 Å². The van der Waals surface area contributed by atoms with Crippen LogP contribution in [0.25, 0.3) is 0 Å². The largest absolute Gasteiger partial charge is 0.494 e. The van der Waals surface area contributed by atoms with E-state index >= 15 is 0 Å². The second-order valence-corrected chi connectivity index (χ2v) is 4.52. The molecule has 1 aromatic heterocycles. The second kappa shape index (κ2) is 6.23. The Labute approximate surface area is 118 Å². The van der Waals surface area contributed by atoms with Crippen molar-refractivity contribution in [3.8, 4) is 5.75 Å². The molecule has 5 nitrogen and oxygen atoms in total. The fraction of sp³-hybridized carbons (Fsp3) is 0.333. The zero-order valence-electron chi connectivity index (χ0n) is 12.0. The first-order chi connectivity index (χ1) is 9.61. The van der Waals surface area contributed by atoms with E-state index in [0.717, 1.165) is 17.0 Å². The molecule has 2 aromatic rings. The molecule has 1 N–H and O–H groups in total. The van der Waals surface area contributed by atoms with Crippen LogP contribution in [0.5, 0.6) is 5.75 Å². The first kappa shape index (κ1) is 14.1. The van der Waals surface area contributed by atoms with Crippen LogP contribution in [0.4, 0.5) is 0 Å². The van der Waals surface area contributed by atoms with Gasteiger partial charge in [0.2, 0.25) is 0 Å². The molecule has 20 heavy (non-hydrogen) atoms. The average molecular weight is 273 g/mol. The molecule has 2 rings (SSSR count). The van der Waals surface area contributed by atoms with Crippen LogP contribution in [0.2, 0.25) is 0 Å². The summed E-state index contributed by atoms with van der Waals surface area (Å²) in [6, 6.07) is 7.12. The number of carbonyl (C=O) groups is 1. The fourth-order valence-electron chi connectivity index (χ4n) is 1.86. The number of benzene rings is 1. The van der Waals surface area contributed by atoms with Crippen molar-refractivity contribution in [3.63, 3.8) is 0 Å². The number of amides is 1. The molecule has 0 radical (unpaired) electrons. The molecule has 1 aromatic carbocycles. The number of nitrogens with zero attached hydrogens (tertiary/aromatic N) is 2. The third-order valence-corrected chi connectivity index (χ3v) is 3.20. The van der Waals surface area contributed by atoms with Crippen LogP contribution in [-0.4, -0.2) is 22.3 Å². The van der Waals surface area contributed by atoms with Crippen molar-refractivity contribution in [1.29, 1.82) is 0 Å². The van der Waals surface area contributed by atoms with Crippen LogP contribution >= 0.6 is 0 Å². The quantitative estimate of drug-likeness (QED) is 0.907. The number of nitrogens with one attached hydrogen (secondary N) is 1. The molecule has 1 heterocycles. The molecule has 0 spiro atoms. The Morgan fingerprint density at radius 3 is 2.60 bits per heavy atom. The molecule has 0 aliphatic heterocycles. The molecular weight excluding hydrogens is 254 g/mol. The Morgan fingerprint density at radius 2 is 2.05 bits per heavy atom. The Balaban J connectivity index is 1.96. The van der Waals surface area contributed by atoms with Crippen molar-refractivity contribution in [2.45, 2.75) is 20.4 Å². The van der Waals surface area contributed by atoms with Crippen LogP contribution in [0.1, 0.15) is 28.5 Å². The molecule has 0 aliphatic carbocycles. The highest BCUT2D eigenvalue weighted by Crippen LogP contribution is 2.12. The Bertz CT molecular complexity index is 588. The summed E-state index contributed by atoms with van der Waals surface area (Å²) in [5, 5.41) is 7.04. The smallest absolute Gasteiger partial charge is 0.251 e. The van der Waals surface area contributed by atoms with Crippen molar-refractivity contribution < 1.29 is 9.53 Å². The summed E-state index contributed by atoms with van der Waals surface area (Å²) in [5.41, 5.74) is 2.69. The van der Waals surface area contributed by atoms with Gasteiger partial charge >= 0.3 is 0 Å². The summed E-state index contributed by atoms with van der Waals surface area (Å²) >= 11 is 0. The maximum absolute atomic E-state index is 12.0. The maximum atomic E-state index is 12.0. The summed E-state index contributed by atoms with van der Waals surface area (Å²) in [4.78, 5) is 12.0. The lowest BCUT2D eigenvalue weighted by atomic mass is 10.2. The van der Waals surface area contributed by atoms with Gasteiger partial charge in [0.15, 0.2) is 0 Å². The van der Waals surface area contributed by atoms with Gasteiger partial charge in [-0.2, -0.15) is 5.10 Å². The first-order valence-corrected chi connectivity index (χ1v) is 6.60. The molecule has 0 atom stereocenters. The van der Waals surface area contributed by atoms with Crippen molar-refractivity contribution in [3.05, 3.63) is 47.3 Å². The van der Waals surface area contributed by atoms with Gasteiger partial charge in [-0.25, -0.2) is 0 Å². The van der Waals surface area contributed by atoms with Crippen LogP contribution in [0.15, 0.2) is 30.5 Å². The van der Waals surface area contributed by atoms with E-state index in [2.05, 4.69) is 10.4 Å². The molecule has 0 bridgehead atoms. The monoisotopic (exact) mass is 273 g/mol. The Morgan fingerprint density at radius 1 is 1.35 bits per heavy atom. The van der Waals surface area contributed by atoms with Crippen molar-refractivity contribution in [2.24, 2.45) is 7.05 Å². The number of rotatable bonds is 5. The summed E-state index contributed by atoms with van der Waals surface area (Å²) < 4.78 is 7.14. The minimum absolute atomic E-state index is 0.101. The van der Waals surface area contributed by atoms with Gasteiger partial charge in [-0.05, 0) is 38.1 Å². The van der Waals surface area contributed by atoms with Gasteiger partial charge in [-0.1, -0.05) is 0 Å². The molecule has 0 aliphatic rings. The highest BCUT2D eigenvalue weighted by Gasteiger charge is 2.08. The van der Waals surface area contributed by atoms with Crippen LogP contribution in [0.3, 0.4) is 0 Å². The van der Waals surface area contributed by atoms with Gasteiger partial charge in [0, 0.05) is 30.4 Å². The van der Waals surface area contributed by atoms with E-state index in [0.29, 0.717) is 18.7 Å². The van der Waals surface area contributed by atoms with Crippen LogP contribution in [-0.2, 0) is 13.6 Å². The average Bonchev–Trinajstić information content (AvgIpc) is 2.77. The SMILES string of the molecule is CCOc1ccc(C(=O)NCc2cnn(C)c2C)cc1. The van der Waals surface area contributed by atoms with Crippen molar-refractivity contribution in [2.75, 3.05) is 6.61 Å². The highest BCUT2D eigenvalue weighted by atomic mass is 16.5. The molecule has 0 unspecified atom stereocenters. The molecule has 0 fully saturated rings. The van der Waals surface area contributed by atoms with Crippen molar-refractivity contribution in [1.82, 2.24) is 15.1 Å². The van der Waals surface area contributed by atoms with Gasteiger partial charge < -0.3 is 10.1 Å². The van der Waals surface area contributed by atoms with Gasteiger partial charge in [-0.3, -0.25) is 9.48 Å². The number of aromatic nitrogens is 2. The summed E-state index contributed by atoms with van der Waals surface area (Å²) in [6.45, 7) is 5.00. The molecule has 106 valence electrons. The standard InChI is InChI=1S/C15H19N3O2/c1-4-20-14-7-5-12(6-8-14)15(19)16-9-13-10-17-18(3)11(13)2/h5-8,10H,4,9H2,1-3H3,(H,16,19). The molecule has 0 saturated heterocycles. The number of aryl methyl sites for hydroxylation is 1. The van der Waals surface area contributed by atoms with E-state index < -0.39 is 0 Å². The topological polar surface area (TPSA) is 56.1 Å². The van der Waals surface area contributed by atoms with E-state index in [-0.39, 0.29) is 5.91 Å². The second-order valence-electron chi connectivity index (χ2n) is 4.52. The Kier molecular flexibility index (Phi) is 4.40. The maximum Gasteiger partial charge on any atom is 0.251 e. The number of hydrogen-bond donors (Lipinski definition) is 1. The van der Waals surface area contributed by atoms with Crippen LogP contribution < -0.4 is 10.1 Å². The summed E-state index contributed by atoms with van der Waals surface area (Å²) in [7, 11) is 1.88.